The molecule has 1 aromatic carbocycles. The lowest BCUT2D eigenvalue weighted by Gasteiger charge is -2.00. The second-order valence-electron chi connectivity index (χ2n) is 3.25. The van der Waals surface area contributed by atoms with Gasteiger partial charge in [-0.25, -0.2) is 0 Å². The van der Waals surface area contributed by atoms with Crippen molar-refractivity contribution in [3.8, 4) is 11.5 Å². The zero-order chi connectivity index (χ0) is 13.8. The van der Waals surface area contributed by atoms with E-state index in [9.17, 15) is 0 Å². The standard InChI is InChI=1S/C14H16O2.C2H6/c1-3-5-12(4-2)10-11-16-14-8-6-13(15)7-9-14;1-2/h3,5-11,15H,1,4H2,2H3;1-2H3/b11-10-,12-5-;. The summed E-state index contributed by atoms with van der Waals surface area (Å²) in [5.41, 5.74) is 1.15. The highest BCUT2D eigenvalue weighted by atomic mass is 16.5. The lowest BCUT2D eigenvalue weighted by molar-refractivity contribution is 0.463. The van der Waals surface area contributed by atoms with E-state index in [2.05, 4.69) is 13.5 Å². The zero-order valence-electron chi connectivity index (χ0n) is 11.4. The van der Waals surface area contributed by atoms with Gasteiger partial charge in [0.2, 0.25) is 0 Å². The molecule has 0 aliphatic carbocycles. The molecule has 0 spiro atoms. The molecular weight excluding hydrogens is 224 g/mol. The molecule has 0 unspecified atom stereocenters. The quantitative estimate of drug-likeness (QED) is 0.595. The van der Waals surface area contributed by atoms with E-state index in [4.69, 9.17) is 9.84 Å². The van der Waals surface area contributed by atoms with Crippen LogP contribution in [-0.2, 0) is 0 Å². The van der Waals surface area contributed by atoms with Gasteiger partial charge in [-0.3, -0.25) is 0 Å². The molecule has 18 heavy (non-hydrogen) atoms. The first kappa shape index (κ1) is 16.0. The summed E-state index contributed by atoms with van der Waals surface area (Å²) < 4.78 is 5.37. The molecule has 2 nitrogen and oxygen atoms in total. The van der Waals surface area contributed by atoms with Crippen LogP contribution in [0.3, 0.4) is 0 Å². The topological polar surface area (TPSA) is 29.5 Å². The van der Waals surface area contributed by atoms with Crippen molar-refractivity contribution < 1.29 is 9.84 Å². The minimum absolute atomic E-state index is 0.233. The number of phenolic OH excluding ortho intramolecular Hbond substituents is 1. The maximum atomic E-state index is 9.08. The van der Waals surface area contributed by atoms with Gasteiger partial charge in [-0.1, -0.05) is 39.5 Å². The SMILES string of the molecule is C=C/C=C(\C=C/Oc1ccc(O)cc1)CC.CC. The van der Waals surface area contributed by atoms with Gasteiger partial charge in [0, 0.05) is 0 Å². The van der Waals surface area contributed by atoms with Gasteiger partial charge in [-0.15, -0.1) is 0 Å². The van der Waals surface area contributed by atoms with Crippen LogP contribution in [0.5, 0.6) is 11.5 Å². The summed E-state index contributed by atoms with van der Waals surface area (Å²) in [6.07, 6.45) is 8.15. The van der Waals surface area contributed by atoms with E-state index in [1.54, 1.807) is 36.6 Å². The van der Waals surface area contributed by atoms with Gasteiger partial charge >= 0.3 is 0 Å². The maximum absolute atomic E-state index is 9.08. The second-order valence-corrected chi connectivity index (χ2v) is 3.25. The third kappa shape index (κ3) is 6.59. The van der Waals surface area contributed by atoms with Crippen molar-refractivity contribution in [2.75, 3.05) is 0 Å². The molecule has 1 N–H and O–H groups in total. The van der Waals surface area contributed by atoms with Crippen molar-refractivity contribution in [1.29, 1.82) is 0 Å². The van der Waals surface area contributed by atoms with Crippen LogP contribution in [0.1, 0.15) is 27.2 Å². The van der Waals surface area contributed by atoms with Gasteiger partial charge in [-0.05, 0) is 42.3 Å². The average molecular weight is 246 g/mol. The molecule has 0 amide bonds. The number of hydrogen-bond donors (Lipinski definition) is 1. The van der Waals surface area contributed by atoms with E-state index in [0.29, 0.717) is 5.75 Å². The van der Waals surface area contributed by atoms with Crippen LogP contribution in [0.2, 0.25) is 0 Å². The maximum Gasteiger partial charge on any atom is 0.126 e. The Bertz CT molecular complexity index is 386. The van der Waals surface area contributed by atoms with Crippen LogP contribution in [-0.4, -0.2) is 5.11 Å². The molecule has 0 saturated heterocycles. The normalized spacial score (nSPS) is 10.7. The van der Waals surface area contributed by atoms with Crippen molar-refractivity contribution in [3.63, 3.8) is 0 Å². The van der Waals surface area contributed by atoms with E-state index in [-0.39, 0.29) is 5.75 Å². The Morgan fingerprint density at radius 3 is 2.39 bits per heavy atom. The first-order valence-electron chi connectivity index (χ1n) is 6.20. The number of ether oxygens (including phenoxy) is 1. The predicted molar refractivity (Wildman–Crippen MR) is 77.8 cm³/mol. The van der Waals surface area contributed by atoms with Crippen LogP contribution < -0.4 is 4.74 Å². The number of phenols is 1. The highest BCUT2D eigenvalue weighted by Crippen LogP contribution is 2.16. The molecule has 0 saturated carbocycles. The molecule has 0 atom stereocenters. The Kier molecular flexibility index (Phi) is 9.10. The Morgan fingerprint density at radius 2 is 1.89 bits per heavy atom. The van der Waals surface area contributed by atoms with Crippen molar-refractivity contribution in [3.05, 3.63) is 60.9 Å². The summed E-state index contributed by atoms with van der Waals surface area (Å²) in [5.74, 6) is 0.931. The molecule has 0 bridgehead atoms. The molecule has 98 valence electrons. The number of allylic oxidation sites excluding steroid dienone is 4. The Hall–Kier alpha value is -1.96. The fraction of sp³-hybridized carbons (Fsp3) is 0.250. The fourth-order valence-corrected chi connectivity index (χ4v) is 1.17. The molecular formula is C16H22O2. The van der Waals surface area contributed by atoms with Crippen molar-refractivity contribution >= 4 is 0 Å². The van der Waals surface area contributed by atoms with Gasteiger partial charge in [0.05, 0.1) is 6.26 Å². The molecule has 0 aliphatic heterocycles. The van der Waals surface area contributed by atoms with Gasteiger partial charge < -0.3 is 9.84 Å². The highest BCUT2D eigenvalue weighted by Gasteiger charge is 1.91. The number of aromatic hydroxyl groups is 1. The first-order chi connectivity index (χ1) is 8.76. The van der Waals surface area contributed by atoms with Crippen molar-refractivity contribution in [2.24, 2.45) is 0 Å². The summed E-state index contributed by atoms with van der Waals surface area (Å²) in [6.45, 7) is 9.72. The average Bonchev–Trinajstić information content (AvgIpc) is 2.42. The zero-order valence-corrected chi connectivity index (χ0v) is 11.4. The van der Waals surface area contributed by atoms with E-state index < -0.39 is 0 Å². The Morgan fingerprint density at radius 1 is 1.28 bits per heavy atom. The van der Waals surface area contributed by atoms with Crippen LogP contribution in [0.15, 0.2) is 60.9 Å². The summed E-state index contributed by atoms with van der Waals surface area (Å²) in [7, 11) is 0. The van der Waals surface area contributed by atoms with Crippen LogP contribution in [0, 0.1) is 0 Å². The predicted octanol–water partition coefficient (Wildman–Crippen LogP) is 4.83. The van der Waals surface area contributed by atoms with E-state index in [1.807, 2.05) is 26.0 Å². The number of benzene rings is 1. The summed E-state index contributed by atoms with van der Waals surface area (Å²) in [6, 6.07) is 6.60. The minimum Gasteiger partial charge on any atom is -0.508 e. The van der Waals surface area contributed by atoms with Gasteiger partial charge in [0.15, 0.2) is 0 Å². The van der Waals surface area contributed by atoms with Gasteiger partial charge in [0.25, 0.3) is 0 Å². The monoisotopic (exact) mass is 246 g/mol. The van der Waals surface area contributed by atoms with E-state index >= 15 is 0 Å². The van der Waals surface area contributed by atoms with Gasteiger partial charge in [0.1, 0.15) is 11.5 Å². The van der Waals surface area contributed by atoms with Crippen molar-refractivity contribution in [2.45, 2.75) is 27.2 Å². The smallest absolute Gasteiger partial charge is 0.126 e. The molecule has 1 aromatic rings. The molecule has 0 fully saturated rings. The van der Waals surface area contributed by atoms with Crippen molar-refractivity contribution in [1.82, 2.24) is 0 Å². The van der Waals surface area contributed by atoms with Crippen LogP contribution in [0.4, 0.5) is 0 Å². The number of rotatable bonds is 5. The van der Waals surface area contributed by atoms with E-state index in [0.717, 1.165) is 12.0 Å². The van der Waals surface area contributed by atoms with Crippen LogP contribution >= 0.6 is 0 Å². The molecule has 1 rings (SSSR count). The summed E-state index contributed by atoms with van der Waals surface area (Å²) in [5, 5.41) is 9.08. The molecule has 2 heteroatoms. The minimum atomic E-state index is 0.233. The Balaban J connectivity index is 0.00000137. The largest absolute Gasteiger partial charge is 0.508 e. The molecule has 0 aromatic heterocycles. The summed E-state index contributed by atoms with van der Waals surface area (Å²) >= 11 is 0. The third-order valence-corrected chi connectivity index (χ3v) is 2.06. The highest BCUT2D eigenvalue weighted by molar-refractivity contribution is 5.31. The molecule has 0 radical (unpaired) electrons. The van der Waals surface area contributed by atoms with Crippen LogP contribution in [0.25, 0.3) is 0 Å². The van der Waals surface area contributed by atoms with Gasteiger partial charge in [-0.2, -0.15) is 0 Å². The lowest BCUT2D eigenvalue weighted by Crippen LogP contribution is -1.82. The molecule has 0 aliphatic rings. The Labute approximate surface area is 110 Å². The molecule has 0 heterocycles. The fourth-order valence-electron chi connectivity index (χ4n) is 1.17. The number of hydrogen-bond acceptors (Lipinski definition) is 2. The first-order valence-corrected chi connectivity index (χ1v) is 6.20. The third-order valence-electron chi connectivity index (χ3n) is 2.06. The van der Waals surface area contributed by atoms with E-state index in [1.165, 1.54) is 0 Å². The second kappa shape index (κ2) is 10.2. The summed E-state index contributed by atoms with van der Waals surface area (Å²) in [4.78, 5) is 0. The lowest BCUT2D eigenvalue weighted by atomic mass is 10.2.